The van der Waals surface area contributed by atoms with Crippen molar-refractivity contribution in [3.63, 3.8) is 0 Å². The SMILES string of the molecule is CC(CN)C1(O)CCC1C. The summed E-state index contributed by atoms with van der Waals surface area (Å²) in [5, 5.41) is 9.87. The molecule has 0 amide bonds. The molecule has 1 fully saturated rings. The average molecular weight is 143 g/mol. The molecule has 60 valence electrons. The van der Waals surface area contributed by atoms with Gasteiger partial charge in [0.05, 0.1) is 5.60 Å². The summed E-state index contributed by atoms with van der Waals surface area (Å²) >= 11 is 0. The molecule has 0 aromatic heterocycles. The van der Waals surface area contributed by atoms with Crippen LogP contribution in [0.25, 0.3) is 0 Å². The minimum Gasteiger partial charge on any atom is -0.389 e. The van der Waals surface area contributed by atoms with E-state index in [1.807, 2.05) is 6.92 Å². The van der Waals surface area contributed by atoms with Gasteiger partial charge in [-0.3, -0.25) is 0 Å². The summed E-state index contributed by atoms with van der Waals surface area (Å²) in [7, 11) is 0. The Morgan fingerprint density at radius 1 is 1.80 bits per heavy atom. The molecular weight excluding hydrogens is 126 g/mol. The molecule has 2 heteroatoms. The number of nitrogens with two attached hydrogens (primary N) is 1. The van der Waals surface area contributed by atoms with E-state index in [1.165, 1.54) is 0 Å². The first-order valence-corrected chi connectivity index (χ1v) is 4.03. The van der Waals surface area contributed by atoms with Gasteiger partial charge in [-0.1, -0.05) is 13.8 Å². The van der Waals surface area contributed by atoms with E-state index in [4.69, 9.17) is 5.73 Å². The molecular formula is C8H17NO. The van der Waals surface area contributed by atoms with Crippen molar-refractivity contribution in [1.82, 2.24) is 0 Å². The van der Waals surface area contributed by atoms with Crippen molar-refractivity contribution in [3.05, 3.63) is 0 Å². The van der Waals surface area contributed by atoms with Crippen LogP contribution in [0.1, 0.15) is 26.7 Å². The molecule has 3 atom stereocenters. The third-order valence-electron chi connectivity index (χ3n) is 3.04. The summed E-state index contributed by atoms with van der Waals surface area (Å²) < 4.78 is 0. The lowest BCUT2D eigenvalue weighted by Crippen LogP contribution is -2.52. The molecule has 3 unspecified atom stereocenters. The zero-order chi connectivity index (χ0) is 7.78. The Kier molecular flexibility index (Phi) is 2.02. The van der Waals surface area contributed by atoms with Gasteiger partial charge in [-0.15, -0.1) is 0 Å². The summed E-state index contributed by atoms with van der Waals surface area (Å²) in [6.45, 7) is 4.71. The molecule has 1 aliphatic rings. The van der Waals surface area contributed by atoms with Crippen molar-refractivity contribution in [2.75, 3.05) is 6.54 Å². The topological polar surface area (TPSA) is 46.2 Å². The average Bonchev–Trinajstić information content (AvgIpc) is 1.98. The molecule has 3 N–H and O–H groups in total. The molecule has 1 aliphatic carbocycles. The lowest BCUT2D eigenvalue weighted by atomic mass is 9.64. The van der Waals surface area contributed by atoms with Crippen molar-refractivity contribution < 1.29 is 5.11 Å². The summed E-state index contributed by atoms with van der Waals surface area (Å²) in [5.74, 6) is 0.710. The molecule has 0 radical (unpaired) electrons. The highest BCUT2D eigenvalue weighted by atomic mass is 16.3. The van der Waals surface area contributed by atoms with Crippen LogP contribution in [-0.4, -0.2) is 17.3 Å². The van der Waals surface area contributed by atoms with Gasteiger partial charge in [0, 0.05) is 0 Å². The second-order valence-corrected chi connectivity index (χ2v) is 3.57. The van der Waals surface area contributed by atoms with E-state index in [9.17, 15) is 5.11 Å². The summed E-state index contributed by atoms with van der Waals surface area (Å²) in [6.07, 6.45) is 2.09. The van der Waals surface area contributed by atoms with E-state index >= 15 is 0 Å². The Morgan fingerprint density at radius 2 is 2.40 bits per heavy atom. The van der Waals surface area contributed by atoms with Crippen molar-refractivity contribution in [2.24, 2.45) is 17.6 Å². The minimum absolute atomic E-state index is 0.260. The van der Waals surface area contributed by atoms with E-state index < -0.39 is 5.60 Å². The quantitative estimate of drug-likeness (QED) is 0.599. The van der Waals surface area contributed by atoms with Crippen molar-refractivity contribution >= 4 is 0 Å². The Balaban J connectivity index is 2.51. The molecule has 1 rings (SSSR count). The molecule has 0 heterocycles. The number of aliphatic hydroxyl groups is 1. The van der Waals surface area contributed by atoms with Gasteiger partial charge in [-0.05, 0) is 31.2 Å². The Bertz CT molecular complexity index is 126. The predicted molar refractivity (Wildman–Crippen MR) is 41.6 cm³/mol. The Labute approximate surface area is 62.4 Å². The van der Waals surface area contributed by atoms with E-state index in [-0.39, 0.29) is 5.92 Å². The second kappa shape index (κ2) is 2.51. The van der Waals surface area contributed by atoms with Gasteiger partial charge in [0.2, 0.25) is 0 Å². The Hall–Kier alpha value is -0.0800. The summed E-state index contributed by atoms with van der Waals surface area (Å²) in [6, 6.07) is 0. The van der Waals surface area contributed by atoms with Crippen LogP contribution in [0.4, 0.5) is 0 Å². The van der Waals surface area contributed by atoms with E-state index in [1.54, 1.807) is 0 Å². The first-order valence-electron chi connectivity index (χ1n) is 4.03. The lowest BCUT2D eigenvalue weighted by molar-refractivity contribution is -0.123. The van der Waals surface area contributed by atoms with E-state index in [0.717, 1.165) is 12.8 Å². The summed E-state index contributed by atoms with van der Waals surface area (Å²) in [5.41, 5.74) is 5.03. The van der Waals surface area contributed by atoms with Crippen LogP contribution < -0.4 is 5.73 Å². The highest BCUT2D eigenvalue weighted by Crippen LogP contribution is 2.42. The largest absolute Gasteiger partial charge is 0.389 e. The van der Waals surface area contributed by atoms with Crippen LogP contribution in [0.3, 0.4) is 0 Å². The number of rotatable bonds is 2. The van der Waals surface area contributed by atoms with Crippen LogP contribution in [0, 0.1) is 11.8 Å². The first-order chi connectivity index (χ1) is 4.61. The van der Waals surface area contributed by atoms with Gasteiger partial charge in [0.1, 0.15) is 0 Å². The zero-order valence-electron chi connectivity index (χ0n) is 6.80. The summed E-state index contributed by atoms with van der Waals surface area (Å²) in [4.78, 5) is 0. The number of hydrogen-bond donors (Lipinski definition) is 2. The van der Waals surface area contributed by atoms with Gasteiger partial charge >= 0.3 is 0 Å². The normalized spacial score (nSPS) is 42.6. The van der Waals surface area contributed by atoms with Gasteiger partial charge in [-0.25, -0.2) is 0 Å². The van der Waals surface area contributed by atoms with E-state index in [0.29, 0.717) is 12.5 Å². The molecule has 1 saturated carbocycles. The third kappa shape index (κ3) is 0.956. The third-order valence-corrected chi connectivity index (χ3v) is 3.04. The molecule has 0 aromatic carbocycles. The maximum absolute atomic E-state index is 9.87. The van der Waals surface area contributed by atoms with Gasteiger partial charge < -0.3 is 10.8 Å². The fourth-order valence-corrected chi connectivity index (χ4v) is 1.66. The fraction of sp³-hybridized carbons (Fsp3) is 1.00. The smallest absolute Gasteiger partial charge is 0.0710 e. The van der Waals surface area contributed by atoms with Crippen LogP contribution in [0.2, 0.25) is 0 Å². The van der Waals surface area contributed by atoms with Crippen LogP contribution in [-0.2, 0) is 0 Å². The maximum atomic E-state index is 9.87. The molecule has 0 aliphatic heterocycles. The fourth-order valence-electron chi connectivity index (χ4n) is 1.66. The second-order valence-electron chi connectivity index (χ2n) is 3.57. The molecule has 0 spiro atoms. The van der Waals surface area contributed by atoms with Crippen molar-refractivity contribution in [1.29, 1.82) is 0 Å². The van der Waals surface area contributed by atoms with Crippen LogP contribution in [0.5, 0.6) is 0 Å². The predicted octanol–water partition coefficient (Wildman–Crippen LogP) is 0.742. The minimum atomic E-state index is -0.436. The molecule has 0 saturated heterocycles. The molecule has 0 aromatic rings. The van der Waals surface area contributed by atoms with Crippen LogP contribution >= 0.6 is 0 Å². The van der Waals surface area contributed by atoms with Crippen molar-refractivity contribution in [2.45, 2.75) is 32.3 Å². The molecule has 10 heavy (non-hydrogen) atoms. The molecule has 0 bridgehead atoms. The Morgan fingerprint density at radius 3 is 2.50 bits per heavy atom. The van der Waals surface area contributed by atoms with Gasteiger partial charge in [0.15, 0.2) is 0 Å². The highest BCUT2D eigenvalue weighted by Gasteiger charge is 2.45. The monoisotopic (exact) mass is 143 g/mol. The maximum Gasteiger partial charge on any atom is 0.0710 e. The lowest BCUT2D eigenvalue weighted by Gasteiger charge is -2.47. The standard InChI is InChI=1S/C8H17NO/c1-6-3-4-8(6,10)7(2)5-9/h6-7,10H,3-5,9H2,1-2H3. The number of hydrogen-bond acceptors (Lipinski definition) is 2. The van der Waals surface area contributed by atoms with Gasteiger partial charge in [0.25, 0.3) is 0 Å². The first kappa shape index (κ1) is 8.02. The van der Waals surface area contributed by atoms with Crippen LogP contribution in [0.15, 0.2) is 0 Å². The molecule has 2 nitrogen and oxygen atoms in total. The van der Waals surface area contributed by atoms with Gasteiger partial charge in [-0.2, -0.15) is 0 Å². The zero-order valence-corrected chi connectivity index (χ0v) is 6.80. The van der Waals surface area contributed by atoms with Crippen molar-refractivity contribution in [3.8, 4) is 0 Å². The highest BCUT2D eigenvalue weighted by molar-refractivity contribution is 4.97. The van der Waals surface area contributed by atoms with E-state index in [2.05, 4.69) is 6.92 Å².